The van der Waals surface area contributed by atoms with E-state index < -0.39 is 0 Å². The molecular formula is C19H24ClN3O2. The van der Waals surface area contributed by atoms with Crippen LogP contribution in [0.5, 0.6) is 0 Å². The average Bonchev–Trinajstić information content (AvgIpc) is 3.02. The highest BCUT2D eigenvalue weighted by molar-refractivity contribution is 6.30. The van der Waals surface area contributed by atoms with Gasteiger partial charge >= 0.3 is 0 Å². The summed E-state index contributed by atoms with van der Waals surface area (Å²) in [6, 6.07) is 9.88. The van der Waals surface area contributed by atoms with E-state index in [2.05, 4.69) is 22.2 Å². The normalized spacial score (nSPS) is 15.5. The number of benzene rings is 1. The Hall–Kier alpha value is -1.85. The Morgan fingerprint density at radius 1 is 1.20 bits per heavy atom. The van der Waals surface area contributed by atoms with Crippen molar-refractivity contribution in [1.82, 2.24) is 15.0 Å². The van der Waals surface area contributed by atoms with Crippen LogP contribution in [-0.2, 0) is 17.6 Å². The molecule has 5 nitrogen and oxygen atoms in total. The minimum Gasteiger partial charge on any atom is -0.361 e. The van der Waals surface area contributed by atoms with Crippen molar-refractivity contribution in [2.24, 2.45) is 0 Å². The zero-order valence-corrected chi connectivity index (χ0v) is 15.3. The summed E-state index contributed by atoms with van der Waals surface area (Å²) in [6.07, 6.45) is 2.50. The Morgan fingerprint density at radius 3 is 2.56 bits per heavy atom. The van der Waals surface area contributed by atoms with E-state index in [0.717, 1.165) is 56.3 Å². The van der Waals surface area contributed by atoms with E-state index in [4.69, 9.17) is 16.1 Å². The predicted molar refractivity (Wildman–Crippen MR) is 97.7 cm³/mol. The van der Waals surface area contributed by atoms with Crippen LogP contribution in [0.4, 0.5) is 0 Å². The smallest absolute Gasteiger partial charge is 0.228 e. The lowest BCUT2D eigenvalue weighted by molar-refractivity contribution is -0.132. The molecule has 2 aromatic rings. The lowest BCUT2D eigenvalue weighted by Gasteiger charge is -2.34. The highest BCUT2D eigenvalue weighted by Gasteiger charge is 2.21. The average molecular weight is 362 g/mol. The van der Waals surface area contributed by atoms with Crippen molar-refractivity contribution in [2.45, 2.75) is 26.2 Å². The summed E-state index contributed by atoms with van der Waals surface area (Å²) in [6.45, 7) is 6.35. The molecule has 134 valence electrons. The van der Waals surface area contributed by atoms with Gasteiger partial charge in [0.1, 0.15) is 5.76 Å². The fourth-order valence-electron chi connectivity index (χ4n) is 3.15. The summed E-state index contributed by atoms with van der Waals surface area (Å²) in [5.74, 6) is 0.877. The van der Waals surface area contributed by atoms with Gasteiger partial charge < -0.3 is 9.42 Å². The molecule has 0 bridgehead atoms. The van der Waals surface area contributed by atoms with Gasteiger partial charge in [0.25, 0.3) is 0 Å². The molecule has 0 N–H and O–H groups in total. The molecular weight excluding hydrogens is 338 g/mol. The summed E-state index contributed by atoms with van der Waals surface area (Å²) in [4.78, 5) is 16.7. The minimum absolute atomic E-state index is 0.133. The molecule has 1 aliphatic rings. The molecule has 2 heterocycles. The standard InChI is InChI=1S/C19H24ClN3O2/c1-15-13-18(21-25-15)14-19(24)23-11-9-22(10-12-23)8-2-3-16-4-6-17(20)7-5-16/h4-7,13H,2-3,8-12,14H2,1H3. The van der Waals surface area contributed by atoms with Gasteiger partial charge in [0.05, 0.1) is 12.1 Å². The fourth-order valence-corrected chi connectivity index (χ4v) is 3.27. The molecule has 1 saturated heterocycles. The maximum Gasteiger partial charge on any atom is 0.228 e. The first kappa shape index (κ1) is 18.0. The van der Waals surface area contributed by atoms with Gasteiger partial charge in [-0.05, 0) is 44.0 Å². The molecule has 0 aliphatic carbocycles. The van der Waals surface area contributed by atoms with Crippen LogP contribution in [0.1, 0.15) is 23.4 Å². The number of halogens is 1. The first-order valence-electron chi connectivity index (χ1n) is 8.77. The number of rotatable bonds is 6. The summed E-state index contributed by atoms with van der Waals surface area (Å²) >= 11 is 5.91. The third-order valence-corrected chi connectivity index (χ3v) is 4.84. The largest absolute Gasteiger partial charge is 0.361 e. The predicted octanol–water partition coefficient (Wildman–Crippen LogP) is 2.96. The summed E-state index contributed by atoms with van der Waals surface area (Å²) in [7, 11) is 0. The molecule has 0 saturated carbocycles. The van der Waals surface area contributed by atoms with Gasteiger partial charge in [-0.25, -0.2) is 0 Å². The lowest BCUT2D eigenvalue weighted by Crippen LogP contribution is -2.49. The Labute approximate surface area is 153 Å². The van der Waals surface area contributed by atoms with Crippen LogP contribution in [0.25, 0.3) is 0 Å². The van der Waals surface area contributed by atoms with Gasteiger partial charge in [-0.2, -0.15) is 0 Å². The molecule has 0 spiro atoms. The highest BCUT2D eigenvalue weighted by atomic mass is 35.5. The summed E-state index contributed by atoms with van der Waals surface area (Å²) in [5, 5.41) is 4.68. The Balaban J connectivity index is 1.36. The van der Waals surface area contributed by atoms with E-state index in [0.29, 0.717) is 12.1 Å². The van der Waals surface area contributed by atoms with E-state index in [1.54, 1.807) is 0 Å². The van der Waals surface area contributed by atoms with Gasteiger partial charge in [0.2, 0.25) is 5.91 Å². The first-order chi connectivity index (χ1) is 12.1. The molecule has 1 aromatic heterocycles. The molecule has 1 aliphatic heterocycles. The molecule has 0 radical (unpaired) electrons. The van der Waals surface area contributed by atoms with Gasteiger partial charge in [0.15, 0.2) is 0 Å². The van der Waals surface area contributed by atoms with Crippen LogP contribution in [0, 0.1) is 6.92 Å². The second-order valence-corrected chi connectivity index (χ2v) is 6.99. The number of nitrogens with zero attached hydrogens (tertiary/aromatic N) is 3. The molecule has 1 amide bonds. The number of piperazine rings is 1. The van der Waals surface area contributed by atoms with Crippen molar-refractivity contribution in [3.63, 3.8) is 0 Å². The van der Waals surface area contributed by atoms with Crippen LogP contribution in [0.2, 0.25) is 5.02 Å². The van der Waals surface area contributed by atoms with Crippen LogP contribution in [0.15, 0.2) is 34.9 Å². The van der Waals surface area contributed by atoms with Crippen molar-refractivity contribution in [2.75, 3.05) is 32.7 Å². The van der Waals surface area contributed by atoms with Crippen LogP contribution >= 0.6 is 11.6 Å². The van der Waals surface area contributed by atoms with Crippen molar-refractivity contribution in [1.29, 1.82) is 0 Å². The van der Waals surface area contributed by atoms with E-state index in [1.807, 2.05) is 30.0 Å². The van der Waals surface area contributed by atoms with Crippen LogP contribution in [0.3, 0.4) is 0 Å². The van der Waals surface area contributed by atoms with Crippen molar-refractivity contribution < 1.29 is 9.32 Å². The maximum atomic E-state index is 12.3. The number of aromatic nitrogens is 1. The molecule has 1 aromatic carbocycles. The Kier molecular flexibility index (Phi) is 6.10. The molecule has 1 fully saturated rings. The number of carbonyl (C=O) groups is 1. The van der Waals surface area contributed by atoms with Gasteiger partial charge in [-0.3, -0.25) is 9.69 Å². The number of hydrogen-bond acceptors (Lipinski definition) is 4. The molecule has 0 atom stereocenters. The second-order valence-electron chi connectivity index (χ2n) is 6.56. The first-order valence-corrected chi connectivity index (χ1v) is 9.15. The van der Waals surface area contributed by atoms with Gasteiger partial charge in [-0.1, -0.05) is 28.9 Å². The van der Waals surface area contributed by atoms with Gasteiger partial charge in [-0.15, -0.1) is 0 Å². The van der Waals surface area contributed by atoms with Crippen LogP contribution < -0.4 is 0 Å². The third kappa shape index (κ3) is 5.31. The maximum absolute atomic E-state index is 12.3. The number of hydrogen-bond donors (Lipinski definition) is 0. The number of aryl methyl sites for hydroxylation is 2. The highest BCUT2D eigenvalue weighted by Crippen LogP contribution is 2.12. The summed E-state index contributed by atoms with van der Waals surface area (Å²) < 4.78 is 5.02. The third-order valence-electron chi connectivity index (χ3n) is 4.59. The monoisotopic (exact) mass is 361 g/mol. The Bertz CT molecular complexity index is 691. The Morgan fingerprint density at radius 2 is 1.92 bits per heavy atom. The van der Waals surface area contributed by atoms with Gasteiger partial charge in [0, 0.05) is 37.3 Å². The fraction of sp³-hybridized carbons (Fsp3) is 0.474. The van der Waals surface area contributed by atoms with Crippen molar-refractivity contribution in [3.05, 3.63) is 52.4 Å². The molecule has 3 rings (SSSR count). The quantitative estimate of drug-likeness (QED) is 0.793. The zero-order chi connectivity index (χ0) is 17.6. The number of carbonyl (C=O) groups excluding carboxylic acids is 1. The zero-order valence-electron chi connectivity index (χ0n) is 14.6. The molecule has 25 heavy (non-hydrogen) atoms. The van der Waals surface area contributed by atoms with E-state index in [1.165, 1.54) is 5.56 Å². The summed E-state index contributed by atoms with van der Waals surface area (Å²) in [5.41, 5.74) is 2.04. The molecule has 6 heteroatoms. The van der Waals surface area contributed by atoms with E-state index in [9.17, 15) is 4.79 Å². The second kappa shape index (κ2) is 8.50. The lowest BCUT2D eigenvalue weighted by atomic mass is 10.1. The van der Waals surface area contributed by atoms with Crippen molar-refractivity contribution in [3.8, 4) is 0 Å². The van der Waals surface area contributed by atoms with Crippen molar-refractivity contribution >= 4 is 17.5 Å². The number of amides is 1. The van der Waals surface area contributed by atoms with E-state index >= 15 is 0 Å². The topological polar surface area (TPSA) is 49.6 Å². The SMILES string of the molecule is Cc1cc(CC(=O)N2CCN(CCCc3ccc(Cl)cc3)CC2)no1. The van der Waals surface area contributed by atoms with E-state index in [-0.39, 0.29) is 5.91 Å². The van der Waals surface area contributed by atoms with Crippen LogP contribution in [-0.4, -0.2) is 53.6 Å². The molecule has 0 unspecified atom stereocenters. The minimum atomic E-state index is 0.133.